The summed E-state index contributed by atoms with van der Waals surface area (Å²) in [6, 6.07) is 18.7. The number of aryl methyl sites for hydroxylation is 1. The van der Waals surface area contributed by atoms with Crippen LogP contribution in [0.4, 0.5) is 0 Å². The van der Waals surface area contributed by atoms with Crippen LogP contribution in [0.2, 0.25) is 0 Å². The van der Waals surface area contributed by atoms with Crippen molar-refractivity contribution in [1.82, 2.24) is 10.6 Å². The summed E-state index contributed by atoms with van der Waals surface area (Å²) in [6.07, 6.45) is 0. The van der Waals surface area contributed by atoms with E-state index in [1.807, 2.05) is 18.2 Å². The fourth-order valence-electron chi connectivity index (χ4n) is 1.73. The molecule has 2 aromatic carbocycles. The second kappa shape index (κ2) is 6.90. The lowest BCUT2D eigenvalue weighted by molar-refractivity contribution is 0.833. The first-order valence-corrected chi connectivity index (χ1v) is 6.76. The molecule has 0 aliphatic heterocycles. The fraction of sp³-hybridized carbons (Fsp3) is 0.188. The van der Waals surface area contributed by atoms with Gasteiger partial charge in [0.1, 0.15) is 0 Å². The van der Waals surface area contributed by atoms with Gasteiger partial charge in [-0.2, -0.15) is 0 Å². The Hall–Kier alpha value is -1.87. The third kappa shape index (κ3) is 4.72. The molecule has 0 radical (unpaired) electrons. The monoisotopic (exact) mass is 270 g/mol. The molecule has 0 aliphatic rings. The van der Waals surface area contributed by atoms with Crippen LogP contribution in [-0.2, 0) is 13.1 Å². The van der Waals surface area contributed by atoms with Crippen LogP contribution >= 0.6 is 12.2 Å². The van der Waals surface area contributed by atoms with Gasteiger partial charge in [-0.05, 0) is 30.3 Å². The molecule has 98 valence electrons. The lowest BCUT2D eigenvalue weighted by Crippen LogP contribution is -2.34. The Morgan fingerprint density at radius 2 is 1.37 bits per heavy atom. The van der Waals surface area contributed by atoms with Crippen LogP contribution in [0.3, 0.4) is 0 Å². The predicted molar refractivity (Wildman–Crippen MR) is 83.9 cm³/mol. The molecule has 19 heavy (non-hydrogen) atoms. The molecule has 0 unspecified atom stereocenters. The van der Waals surface area contributed by atoms with E-state index in [9.17, 15) is 0 Å². The summed E-state index contributed by atoms with van der Waals surface area (Å²) < 4.78 is 0. The summed E-state index contributed by atoms with van der Waals surface area (Å²) in [4.78, 5) is 0. The molecule has 0 heterocycles. The van der Waals surface area contributed by atoms with Crippen LogP contribution in [0.15, 0.2) is 54.6 Å². The third-order valence-electron chi connectivity index (χ3n) is 2.87. The zero-order valence-electron chi connectivity index (χ0n) is 11.0. The molecule has 0 aromatic heterocycles. The van der Waals surface area contributed by atoms with Gasteiger partial charge >= 0.3 is 0 Å². The second-order valence-corrected chi connectivity index (χ2v) is 4.92. The zero-order valence-corrected chi connectivity index (χ0v) is 11.8. The highest BCUT2D eigenvalue weighted by Crippen LogP contribution is 2.02. The van der Waals surface area contributed by atoms with Gasteiger partial charge in [0.25, 0.3) is 0 Å². The third-order valence-corrected chi connectivity index (χ3v) is 3.16. The van der Waals surface area contributed by atoms with E-state index in [0.717, 1.165) is 13.1 Å². The van der Waals surface area contributed by atoms with Gasteiger partial charge in [0, 0.05) is 13.1 Å². The van der Waals surface area contributed by atoms with Gasteiger partial charge in [-0.25, -0.2) is 0 Å². The minimum absolute atomic E-state index is 0.685. The predicted octanol–water partition coefficient (Wildman–Crippen LogP) is 3.16. The quantitative estimate of drug-likeness (QED) is 0.835. The summed E-state index contributed by atoms with van der Waals surface area (Å²) in [5.74, 6) is 0. The summed E-state index contributed by atoms with van der Waals surface area (Å²) >= 11 is 5.26. The summed E-state index contributed by atoms with van der Waals surface area (Å²) in [5, 5.41) is 7.09. The first kappa shape index (κ1) is 13.6. The Morgan fingerprint density at radius 1 is 0.842 bits per heavy atom. The van der Waals surface area contributed by atoms with Crippen molar-refractivity contribution in [2.45, 2.75) is 20.0 Å². The maximum absolute atomic E-state index is 5.26. The molecular formula is C16H18N2S. The van der Waals surface area contributed by atoms with Crippen LogP contribution in [0.5, 0.6) is 0 Å². The molecule has 2 N–H and O–H groups in total. The summed E-state index contributed by atoms with van der Waals surface area (Å²) in [5.41, 5.74) is 3.73. The molecular weight excluding hydrogens is 252 g/mol. The first-order valence-electron chi connectivity index (χ1n) is 6.35. The van der Waals surface area contributed by atoms with E-state index in [4.69, 9.17) is 12.2 Å². The van der Waals surface area contributed by atoms with Crippen molar-refractivity contribution in [3.63, 3.8) is 0 Å². The molecule has 0 saturated carbocycles. The van der Waals surface area contributed by atoms with Crippen LogP contribution < -0.4 is 10.6 Å². The number of nitrogens with one attached hydrogen (secondary N) is 2. The Kier molecular flexibility index (Phi) is 4.93. The SMILES string of the molecule is Cc1ccc(CNC(=S)NCc2ccccc2)cc1. The van der Waals surface area contributed by atoms with Crippen LogP contribution in [0, 0.1) is 6.92 Å². The van der Waals surface area contributed by atoms with Crippen LogP contribution in [-0.4, -0.2) is 5.11 Å². The maximum Gasteiger partial charge on any atom is 0.166 e. The van der Waals surface area contributed by atoms with E-state index in [-0.39, 0.29) is 0 Å². The highest BCUT2D eigenvalue weighted by molar-refractivity contribution is 7.80. The highest BCUT2D eigenvalue weighted by atomic mass is 32.1. The van der Waals surface area contributed by atoms with Crippen molar-refractivity contribution in [3.8, 4) is 0 Å². The molecule has 0 fully saturated rings. The Bertz CT molecular complexity index is 520. The van der Waals surface area contributed by atoms with Crippen molar-refractivity contribution in [2.75, 3.05) is 0 Å². The van der Waals surface area contributed by atoms with Gasteiger partial charge in [0.05, 0.1) is 0 Å². The van der Waals surface area contributed by atoms with Crippen molar-refractivity contribution < 1.29 is 0 Å². The lowest BCUT2D eigenvalue weighted by atomic mass is 10.1. The number of hydrogen-bond acceptors (Lipinski definition) is 1. The summed E-state index contributed by atoms with van der Waals surface area (Å²) in [7, 11) is 0. The minimum atomic E-state index is 0.685. The topological polar surface area (TPSA) is 24.1 Å². The Balaban J connectivity index is 1.74. The molecule has 0 spiro atoms. The van der Waals surface area contributed by atoms with Crippen molar-refractivity contribution >= 4 is 17.3 Å². The van der Waals surface area contributed by atoms with E-state index in [1.165, 1.54) is 16.7 Å². The maximum atomic E-state index is 5.26. The minimum Gasteiger partial charge on any atom is -0.359 e. The van der Waals surface area contributed by atoms with E-state index >= 15 is 0 Å². The fourth-order valence-corrected chi connectivity index (χ4v) is 1.87. The molecule has 3 heteroatoms. The van der Waals surface area contributed by atoms with E-state index < -0.39 is 0 Å². The first-order chi connectivity index (χ1) is 9.24. The molecule has 2 rings (SSSR count). The number of rotatable bonds is 4. The highest BCUT2D eigenvalue weighted by Gasteiger charge is 1.97. The lowest BCUT2D eigenvalue weighted by Gasteiger charge is -2.10. The van der Waals surface area contributed by atoms with Gasteiger partial charge < -0.3 is 10.6 Å². The standard InChI is InChI=1S/C16H18N2S/c1-13-7-9-15(10-8-13)12-18-16(19)17-11-14-5-3-2-4-6-14/h2-10H,11-12H2,1H3,(H2,17,18,19). The normalized spacial score (nSPS) is 9.95. The Labute approximate surface area is 119 Å². The van der Waals surface area contributed by atoms with Crippen molar-refractivity contribution in [3.05, 3.63) is 71.3 Å². The van der Waals surface area contributed by atoms with Crippen LogP contribution in [0.1, 0.15) is 16.7 Å². The average Bonchev–Trinajstić information content (AvgIpc) is 2.45. The molecule has 0 saturated heterocycles. The summed E-state index contributed by atoms with van der Waals surface area (Å²) in [6.45, 7) is 3.59. The van der Waals surface area contributed by atoms with E-state index in [1.54, 1.807) is 0 Å². The van der Waals surface area contributed by atoms with E-state index in [0.29, 0.717) is 5.11 Å². The van der Waals surface area contributed by atoms with Crippen molar-refractivity contribution in [2.24, 2.45) is 0 Å². The molecule has 2 aromatic rings. The van der Waals surface area contributed by atoms with E-state index in [2.05, 4.69) is 54.0 Å². The molecule has 0 bridgehead atoms. The zero-order chi connectivity index (χ0) is 13.5. The number of benzene rings is 2. The number of thiocarbonyl (C=S) groups is 1. The average molecular weight is 270 g/mol. The van der Waals surface area contributed by atoms with Gasteiger partial charge in [0.2, 0.25) is 0 Å². The van der Waals surface area contributed by atoms with Gasteiger partial charge in [-0.15, -0.1) is 0 Å². The Morgan fingerprint density at radius 3 is 1.95 bits per heavy atom. The van der Waals surface area contributed by atoms with Gasteiger partial charge in [0.15, 0.2) is 5.11 Å². The van der Waals surface area contributed by atoms with Crippen LogP contribution in [0.25, 0.3) is 0 Å². The smallest absolute Gasteiger partial charge is 0.166 e. The molecule has 2 nitrogen and oxygen atoms in total. The molecule has 0 atom stereocenters. The largest absolute Gasteiger partial charge is 0.359 e. The molecule has 0 amide bonds. The van der Waals surface area contributed by atoms with Crippen molar-refractivity contribution in [1.29, 1.82) is 0 Å². The number of hydrogen-bond donors (Lipinski definition) is 2. The van der Waals surface area contributed by atoms with Gasteiger partial charge in [-0.3, -0.25) is 0 Å². The molecule has 0 aliphatic carbocycles. The second-order valence-electron chi connectivity index (χ2n) is 4.51. The van der Waals surface area contributed by atoms with Gasteiger partial charge in [-0.1, -0.05) is 60.2 Å².